The number of rotatable bonds is 6. The smallest absolute Gasteiger partial charge is 0.243 e. The van der Waals surface area contributed by atoms with Crippen molar-refractivity contribution < 1.29 is 21.6 Å². The Hall–Kier alpha value is -2.01. The Morgan fingerprint density at radius 1 is 0.909 bits per heavy atom. The average molecular weight is 494 g/mol. The van der Waals surface area contributed by atoms with E-state index in [-0.39, 0.29) is 42.1 Å². The molecule has 0 radical (unpaired) electrons. The Labute approximate surface area is 196 Å². The van der Waals surface area contributed by atoms with Gasteiger partial charge in [-0.05, 0) is 42.2 Å². The summed E-state index contributed by atoms with van der Waals surface area (Å²) in [4.78, 5) is 15.0. The lowest BCUT2D eigenvalue weighted by atomic mass is 9.98. The maximum absolute atomic E-state index is 13.2. The monoisotopic (exact) mass is 493 g/mol. The number of fused-ring (bicyclic) bond motifs is 1. The summed E-state index contributed by atoms with van der Waals surface area (Å²) in [6, 6.07) is 12.7. The molecular weight excluding hydrogens is 462 g/mol. The standard InChI is InChI=1S/C23H31N3O5S2/c1-2-16-32(28,29)26-11-5-8-21(18-26)23(27)24-12-14-25(15-13-24)33(30,31)22-10-9-19-6-3-4-7-20(19)17-22/h3-4,6-7,9-10,17,21H,2,5,8,11-16,18H2,1H3. The largest absolute Gasteiger partial charge is 0.340 e. The number of amides is 1. The summed E-state index contributed by atoms with van der Waals surface area (Å²) in [6.07, 6.45) is 1.87. The van der Waals surface area contributed by atoms with Crippen LogP contribution in [0.15, 0.2) is 47.4 Å². The van der Waals surface area contributed by atoms with Crippen LogP contribution in [0, 0.1) is 5.92 Å². The van der Waals surface area contributed by atoms with Crippen LogP contribution in [0.25, 0.3) is 10.8 Å². The van der Waals surface area contributed by atoms with Crippen LogP contribution in [-0.2, 0) is 24.8 Å². The Kier molecular flexibility index (Phi) is 7.09. The summed E-state index contributed by atoms with van der Waals surface area (Å²) in [5.41, 5.74) is 0. The van der Waals surface area contributed by atoms with Crippen LogP contribution < -0.4 is 0 Å². The molecule has 2 aromatic carbocycles. The van der Waals surface area contributed by atoms with E-state index in [4.69, 9.17) is 0 Å². The van der Waals surface area contributed by atoms with Gasteiger partial charge < -0.3 is 4.90 Å². The van der Waals surface area contributed by atoms with Crippen LogP contribution in [0.5, 0.6) is 0 Å². The second-order valence-electron chi connectivity index (χ2n) is 8.75. The highest BCUT2D eigenvalue weighted by Gasteiger charge is 2.36. The van der Waals surface area contributed by atoms with E-state index in [0.29, 0.717) is 38.9 Å². The van der Waals surface area contributed by atoms with Gasteiger partial charge in [-0.25, -0.2) is 21.1 Å². The van der Waals surface area contributed by atoms with Crippen LogP contribution in [0.2, 0.25) is 0 Å². The van der Waals surface area contributed by atoms with E-state index >= 15 is 0 Å². The number of nitrogens with zero attached hydrogens (tertiary/aromatic N) is 3. The van der Waals surface area contributed by atoms with Gasteiger partial charge in [0.25, 0.3) is 0 Å². The molecule has 1 amide bonds. The lowest BCUT2D eigenvalue weighted by molar-refractivity contribution is -0.137. The zero-order valence-corrected chi connectivity index (χ0v) is 20.5. The minimum absolute atomic E-state index is 0.0749. The Morgan fingerprint density at radius 3 is 2.30 bits per heavy atom. The first-order valence-electron chi connectivity index (χ1n) is 11.5. The number of hydrogen-bond donors (Lipinski definition) is 0. The van der Waals surface area contributed by atoms with E-state index in [1.54, 1.807) is 17.0 Å². The molecule has 4 rings (SSSR count). The molecule has 2 aliphatic rings. The SMILES string of the molecule is CCCS(=O)(=O)N1CCCC(C(=O)N2CCN(S(=O)(=O)c3ccc4ccccc4c3)CC2)C1. The summed E-state index contributed by atoms with van der Waals surface area (Å²) < 4.78 is 54.1. The van der Waals surface area contributed by atoms with Gasteiger partial charge in [0.2, 0.25) is 26.0 Å². The van der Waals surface area contributed by atoms with Gasteiger partial charge >= 0.3 is 0 Å². The number of piperidine rings is 1. The average Bonchev–Trinajstić information content (AvgIpc) is 2.83. The van der Waals surface area contributed by atoms with Gasteiger partial charge in [-0.3, -0.25) is 4.79 Å². The van der Waals surface area contributed by atoms with Crippen molar-refractivity contribution in [1.29, 1.82) is 0 Å². The molecule has 180 valence electrons. The molecular formula is C23H31N3O5S2. The fraction of sp³-hybridized carbons (Fsp3) is 0.522. The molecule has 1 unspecified atom stereocenters. The third-order valence-corrected chi connectivity index (χ3v) is 10.4. The molecule has 2 aromatic rings. The van der Waals surface area contributed by atoms with E-state index in [2.05, 4.69) is 0 Å². The van der Waals surface area contributed by atoms with E-state index in [1.165, 1.54) is 8.61 Å². The molecule has 0 aromatic heterocycles. The normalized spacial score (nSPS) is 21.4. The lowest BCUT2D eigenvalue weighted by Crippen LogP contribution is -2.54. The number of carbonyl (C=O) groups is 1. The molecule has 2 aliphatic heterocycles. The summed E-state index contributed by atoms with van der Waals surface area (Å²) in [6.45, 7) is 3.58. The zero-order valence-electron chi connectivity index (χ0n) is 18.9. The fourth-order valence-electron chi connectivity index (χ4n) is 4.67. The van der Waals surface area contributed by atoms with Gasteiger partial charge in [0.15, 0.2) is 0 Å². The molecule has 0 aliphatic carbocycles. The first kappa shape index (κ1) is 24.1. The highest BCUT2D eigenvalue weighted by molar-refractivity contribution is 7.89. The molecule has 10 heteroatoms. The van der Waals surface area contributed by atoms with Crippen LogP contribution in [-0.4, -0.2) is 81.3 Å². The molecule has 2 saturated heterocycles. The highest BCUT2D eigenvalue weighted by Crippen LogP contribution is 2.25. The predicted molar refractivity (Wildman–Crippen MR) is 128 cm³/mol. The van der Waals surface area contributed by atoms with E-state index < -0.39 is 20.0 Å². The molecule has 0 saturated carbocycles. The number of hydrogen-bond acceptors (Lipinski definition) is 5. The molecule has 8 nitrogen and oxygen atoms in total. The molecule has 0 spiro atoms. The minimum Gasteiger partial charge on any atom is -0.340 e. The molecule has 0 N–H and O–H groups in total. The predicted octanol–water partition coefficient (Wildman–Crippen LogP) is 2.12. The lowest BCUT2D eigenvalue weighted by Gasteiger charge is -2.38. The molecule has 33 heavy (non-hydrogen) atoms. The van der Waals surface area contributed by atoms with Gasteiger partial charge in [0.05, 0.1) is 16.6 Å². The fourth-order valence-corrected chi connectivity index (χ4v) is 7.71. The molecule has 2 heterocycles. The summed E-state index contributed by atoms with van der Waals surface area (Å²) in [5, 5.41) is 1.85. The Balaban J connectivity index is 1.40. The van der Waals surface area contributed by atoms with Crippen LogP contribution in [0.4, 0.5) is 0 Å². The Bertz CT molecular complexity index is 1220. The van der Waals surface area contributed by atoms with Gasteiger partial charge in [-0.15, -0.1) is 0 Å². The van der Waals surface area contributed by atoms with Crippen molar-refractivity contribution in [2.75, 3.05) is 45.0 Å². The summed E-state index contributed by atoms with van der Waals surface area (Å²) in [5.74, 6) is -0.345. The van der Waals surface area contributed by atoms with Crippen molar-refractivity contribution in [3.8, 4) is 0 Å². The Morgan fingerprint density at radius 2 is 1.61 bits per heavy atom. The van der Waals surface area contributed by atoms with E-state index in [9.17, 15) is 21.6 Å². The van der Waals surface area contributed by atoms with Gasteiger partial charge in [-0.2, -0.15) is 4.31 Å². The van der Waals surface area contributed by atoms with Crippen molar-refractivity contribution >= 4 is 36.7 Å². The van der Waals surface area contributed by atoms with E-state index in [0.717, 1.165) is 10.8 Å². The van der Waals surface area contributed by atoms with Crippen LogP contribution in [0.1, 0.15) is 26.2 Å². The summed E-state index contributed by atoms with van der Waals surface area (Å²) >= 11 is 0. The molecule has 2 fully saturated rings. The van der Waals surface area contributed by atoms with Crippen molar-refractivity contribution in [2.24, 2.45) is 5.92 Å². The molecule has 0 bridgehead atoms. The second-order valence-corrected chi connectivity index (χ2v) is 12.8. The topological polar surface area (TPSA) is 95.1 Å². The maximum Gasteiger partial charge on any atom is 0.243 e. The van der Waals surface area contributed by atoms with Crippen LogP contribution in [0.3, 0.4) is 0 Å². The quantitative estimate of drug-likeness (QED) is 0.614. The maximum atomic E-state index is 13.2. The van der Waals surface area contributed by atoms with Crippen LogP contribution >= 0.6 is 0 Å². The molecule has 1 atom stereocenters. The highest BCUT2D eigenvalue weighted by atomic mass is 32.2. The van der Waals surface area contributed by atoms with E-state index in [1.807, 2.05) is 37.3 Å². The third kappa shape index (κ3) is 5.08. The first-order valence-corrected chi connectivity index (χ1v) is 14.5. The van der Waals surface area contributed by atoms with Crippen molar-refractivity contribution in [3.63, 3.8) is 0 Å². The van der Waals surface area contributed by atoms with Gasteiger partial charge in [0, 0.05) is 39.3 Å². The first-order chi connectivity index (χ1) is 15.7. The van der Waals surface area contributed by atoms with Gasteiger partial charge in [-0.1, -0.05) is 37.3 Å². The van der Waals surface area contributed by atoms with Gasteiger partial charge in [0.1, 0.15) is 0 Å². The number of piperazine rings is 1. The zero-order chi connectivity index (χ0) is 23.6. The number of benzene rings is 2. The van der Waals surface area contributed by atoms with Crippen molar-refractivity contribution in [2.45, 2.75) is 31.1 Å². The van der Waals surface area contributed by atoms with Crippen molar-refractivity contribution in [3.05, 3.63) is 42.5 Å². The minimum atomic E-state index is -3.65. The van der Waals surface area contributed by atoms with Crippen molar-refractivity contribution in [1.82, 2.24) is 13.5 Å². The number of sulfonamides is 2. The number of carbonyl (C=O) groups excluding carboxylic acids is 1. The summed E-state index contributed by atoms with van der Waals surface area (Å²) in [7, 11) is -6.98. The second kappa shape index (κ2) is 9.69. The third-order valence-electron chi connectivity index (χ3n) is 6.50.